The number of piperidine rings is 1. The highest BCUT2D eigenvalue weighted by molar-refractivity contribution is 9.10. The fourth-order valence-corrected chi connectivity index (χ4v) is 3.60. The first-order chi connectivity index (χ1) is 9.47. The van der Waals surface area contributed by atoms with Crippen molar-refractivity contribution in [2.24, 2.45) is 0 Å². The minimum absolute atomic E-state index is 0.206. The van der Waals surface area contributed by atoms with Crippen molar-refractivity contribution in [1.82, 2.24) is 4.90 Å². The van der Waals surface area contributed by atoms with E-state index in [2.05, 4.69) is 48.5 Å². The first-order valence-corrected chi connectivity index (χ1v) is 8.34. The molecule has 1 atom stereocenters. The molecular weight excluding hydrogens is 314 g/mol. The molecule has 0 N–H and O–H groups in total. The van der Waals surface area contributed by atoms with Crippen LogP contribution in [0.5, 0.6) is 0 Å². The summed E-state index contributed by atoms with van der Waals surface area (Å²) < 4.78 is 1.04. The Bertz CT molecular complexity index is 524. The van der Waals surface area contributed by atoms with Gasteiger partial charge in [0, 0.05) is 22.6 Å². The number of likely N-dealkylation sites (tertiary alicyclic amines) is 1. The van der Waals surface area contributed by atoms with Crippen molar-refractivity contribution in [3.8, 4) is 0 Å². The lowest BCUT2D eigenvalue weighted by Crippen LogP contribution is -2.43. The monoisotopic (exact) mass is 337 g/mol. The Morgan fingerprint density at radius 2 is 1.95 bits per heavy atom. The lowest BCUT2D eigenvalue weighted by Gasteiger charge is -2.36. The molecule has 1 aliphatic rings. The predicted molar refractivity (Wildman–Crippen MR) is 87.3 cm³/mol. The van der Waals surface area contributed by atoms with E-state index in [9.17, 15) is 4.79 Å². The van der Waals surface area contributed by atoms with Crippen molar-refractivity contribution in [2.75, 3.05) is 6.54 Å². The topological polar surface area (TPSA) is 20.3 Å². The zero-order valence-corrected chi connectivity index (χ0v) is 14.5. The predicted octanol–water partition coefficient (Wildman–Crippen LogP) is 4.78. The van der Waals surface area contributed by atoms with Crippen LogP contribution >= 0.6 is 15.9 Å². The van der Waals surface area contributed by atoms with Gasteiger partial charge in [0.25, 0.3) is 5.91 Å². The first-order valence-electron chi connectivity index (χ1n) is 7.54. The molecule has 3 heteroatoms. The quantitative estimate of drug-likeness (QED) is 0.760. The number of carbonyl (C=O) groups is 1. The second kappa shape index (κ2) is 6.30. The molecule has 1 saturated heterocycles. The number of halogens is 1. The van der Waals surface area contributed by atoms with Gasteiger partial charge >= 0.3 is 0 Å². The Balaban J connectivity index is 2.38. The van der Waals surface area contributed by atoms with Crippen LogP contribution in [0.1, 0.15) is 59.7 Å². The van der Waals surface area contributed by atoms with E-state index in [0.717, 1.165) is 41.4 Å². The first kappa shape index (κ1) is 15.6. The number of benzene rings is 1. The van der Waals surface area contributed by atoms with E-state index in [4.69, 9.17) is 0 Å². The zero-order chi connectivity index (χ0) is 14.9. The van der Waals surface area contributed by atoms with Crippen molar-refractivity contribution in [3.05, 3.63) is 32.8 Å². The summed E-state index contributed by atoms with van der Waals surface area (Å²) in [5.74, 6) is 0.206. The molecule has 1 heterocycles. The van der Waals surface area contributed by atoms with Crippen LogP contribution in [0.15, 0.2) is 10.5 Å². The van der Waals surface area contributed by atoms with Crippen molar-refractivity contribution in [3.63, 3.8) is 0 Å². The second-order valence-electron chi connectivity index (χ2n) is 5.84. The summed E-state index contributed by atoms with van der Waals surface area (Å²) in [5.41, 5.74) is 4.42. The van der Waals surface area contributed by atoms with E-state index in [1.54, 1.807) is 0 Å². The summed E-state index contributed by atoms with van der Waals surface area (Å²) in [4.78, 5) is 15.0. The molecule has 0 spiro atoms. The lowest BCUT2D eigenvalue weighted by molar-refractivity contribution is 0.0607. The van der Waals surface area contributed by atoms with Crippen molar-refractivity contribution >= 4 is 21.8 Å². The molecule has 20 heavy (non-hydrogen) atoms. The van der Waals surface area contributed by atoms with Gasteiger partial charge in [-0.15, -0.1) is 0 Å². The minimum Gasteiger partial charge on any atom is -0.336 e. The van der Waals surface area contributed by atoms with Crippen LogP contribution in [-0.4, -0.2) is 23.4 Å². The van der Waals surface area contributed by atoms with Crippen LogP contribution < -0.4 is 0 Å². The standard InChI is InChI=1S/C17H24BrNO/c1-5-14-8-6-7-9-19(14)17(20)15-10-16(18)13(4)11(2)12(15)3/h10,14H,5-9H2,1-4H3/t14-/m1/s1. The largest absolute Gasteiger partial charge is 0.336 e. The van der Waals surface area contributed by atoms with E-state index in [0.29, 0.717) is 6.04 Å². The molecule has 0 unspecified atom stereocenters. The van der Waals surface area contributed by atoms with Crippen molar-refractivity contribution < 1.29 is 4.79 Å². The maximum Gasteiger partial charge on any atom is 0.254 e. The highest BCUT2D eigenvalue weighted by Crippen LogP contribution is 2.29. The molecule has 1 aromatic rings. The number of hydrogen-bond donors (Lipinski definition) is 0. The molecule has 1 fully saturated rings. The summed E-state index contributed by atoms with van der Waals surface area (Å²) in [6.07, 6.45) is 4.58. The van der Waals surface area contributed by atoms with Crippen molar-refractivity contribution in [2.45, 2.75) is 59.4 Å². The zero-order valence-electron chi connectivity index (χ0n) is 12.9. The summed E-state index contributed by atoms with van der Waals surface area (Å²) in [5, 5.41) is 0. The van der Waals surface area contributed by atoms with E-state index in [-0.39, 0.29) is 5.91 Å². The molecule has 0 aliphatic carbocycles. The molecule has 2 nitrogen and oxygen atoms in total. The Kier molecular flexibility index (Phi) is 4.90. The molecule has 0 bridgehead atoms. The van der Waals surface area contributed by atoms with Gasteiger partial charge in [-0.1, -0.05) is 22.9 Å². The molecular formula is C17H24BrNO. The van der Waals surface area contributed by atoms with E-state index >= 15 is 0 Å². The van der Waals surface area contributed by atoms with E-state index in [1.165, 1.54) is 17.5 Å². The van der Waals surface area contributed by atoms with Crippen LogP contribution in [-0.2, 0) is 0 Å². The fourth-order valence-electron chi connectivity index (χ4n) is 3.07. The Labute approximate surface area is 130 Å². The third kappa shape index (κ3) is 2.78. The van der Waals surface area contributed by atoms with Crippen LogP contribution in [0.2, 0.25) is 0 Å². The fraction of sp³-hybridized carbons (Fsp3) is 0.588. The maximum atomic E-state index is 12.9. The average molecular weight is 338 g/mol. The Hall–Kier alpha value is -0.830. The molecule has 110 valence electrons. The molecule has 1 amide bonds. The molecule has 0 saturated carbocycles. The highest BCUT2D eigenvalue weighted by Gasteiger charge is 2.27. The van der Waals surface area contributed by atoms with Crippen LogP contribution in [0.4, 0.5) is 0 Å². The Morgan fingerprint density at radius 1 is 1.25 bits per heavy atom. The van der Waals surface area contributed by atoms with Gasteiger partial charge in [-0.3, -0.25) is 4.79 Å². The summed E-state index contributed by atoms with van der Waals surface area (Å²) in [6.45, 7) is 9.34. The van der Waals surface area contributed by atoms with Gasteiger partial charge in [-0.25, -0.2) is 0 Å². The van der Waals surface area contributed by atoms with Gasteiger partial charge in [0.1, 0.15) is 0 Å². The summed E-state index contributed by atoms with van der Waals surface area (Å²) in [7, 11) is 0. The SMILES string of the molecule is CC[C@@H]1CCCCN1C(=O)c1cc(Br)c(C)c(C)c1C. The van der Waals surface area contributed by atoms with Gasteiger partial charge in [-0.2, -0.15) is 0 Å². The summed E-state index contributed by atoms with van der Waals surface area (Å²) >= 11 is 3.58. The van der Waals surface area contributed by atoms with Gasteiger partial charge in [0.05, 0.1) is 0 Å². The van der Waals surface area contributed by atoms with Gasteiger partial charge in [0.15, 0.2) is 0 Å². The lowest BCUT2D eigenvalue weighted by atomic mass is 9.95. The van der Waals surface area contributed by atoms with Crippen LogP contribution in [0.25, 0.3) is 0 Å². The molecule has 1 aliphatic heterocycles. The number of rotatable bonds is 2. The Morgan fingerprint density at radius 3 is 2.60 bits per heavy atom. The molecule has 0 radical (unpaired) electrons. The van der Waals surface area contributed by atoms with E-state index < -0.39 is 0 Å². The maximum absolute atomic E-state index is 12.9. The van der Waals surface area contributed by atoms with E-state index in [1.807, 2.05) is 6.07 Å². The van der Waals surface area contributed by atoms with Gasteiger partial charge in [0.2, 0.25) is 0 Å². The van der Waals surface area contributed by atoms with Crippen molar-refractivity contribution in [1.29, 1.82) is 0 Å². The third-order valence-electron chi connectivity index (χ3n) is 4.75. The third-order valence-corrected chi connectivity index (χ3v) is 5.57. The minimum atomic E-state index is 0.206. The molecule has 1 aromatic carbocycles. The normalized spacial score (nSPS) is 19.2. The second-order valence-corrected chi connectivity index (χ2v) is 6.69. The number of carbonyl (C=O) groups excluding carboxylic acids is 1. The van der Waals surface area contributed by atoms with Gasteiger partial charge < -0.3 is 4.90 Å². The van der Waals surface area contributed by atoms with Crippen LogP contribution in [0.3, 0.4) is 0 Å². The number of nitrogens with zero attached hydrogens (tertiary/aromatic N) is 1. The smallest absolute Gasteiger partial charge is 0.254 e. The average Bonchev–Trinajstić information content (AvgIpc) is 2.48. The number of hydrogen-bond acceptors (Lipinski definition) is 1. The highest BCUT2D eigenvalue weighted by atomic mass is 79.9. The summed E-state index contributed by atoms with van der Waals surface area (Å²) in [6, 6.07) is 2.41. The molecule has 0 aromatic heterocycles. The van der Waals surface area contributed by atoms with Crippen LogP contribution in [0, 0.1) is 20.8 Å². The number of amides is 1. The van der Waals surface area contributed by atoms with Gasteiger partial charge in [-0.05, 0) is 69.2 Å². The molecule has 2 rings (SSSR count).